The van der Waals surface area contributed by atoms with Crippen molar-refractivity contribution < 1.29 is 14.8 Å². The average molecular weight is 251 g/mol. The minimum atomic E-state index is -0.646. The third kappa shape index (κ3) is 2.54. The van der Waals surface area contributed by atoms with Crippen LogP contribution in [0.2, 0.25) is 0 Å². The maximum Gasteiger partial charge on any atom is 0.277 e. The van der Waals surface area contributed by atoms with Gasteiger partial charge in [0.1, 0.15) is 0 Å². The van der Waals surface area contributed by atoms with Crippen LogP contribution in [0.3, 0.4) is 0 Å². The summed E-state index contributed by atoms with van der Waals surface area (Å²) in [6.45, 7) is 2.58. The van der Waals surface area contributed by atoms with E-state index in [-0.39, 0.29) is 5.56 Å². The van der Waals surface area contributed by atoms with Crippen molar-refractivity contribution in [3.05, 3.63) is 18.0 Å². The second kappa shape index (κ2) is 5.41. The van der Waals surface area contributed by atoms with E-state index in [1.165, 1.54) is 17.9 Å². The Kier molecular flexibility index (Phi) is 3.68. The van der Waals surface area contributed by atoms with Gasteiger partial charge >= 0.3 is 0 Å². The van der Waals surface area contributed by atoms with E-state index in [4.69, 9.17) is 5.21 Å². The monoisotopic (exact) mass is 251 g/mol. The molecule has 18 heavy (non-hydrogen) atoms. The second-order valence-electron chi connectivity index (χ2n) is 3.84. The quantitative estimate of drug-likeness (QED) is 0.401. The lowest BCUT2D eigenvalue weighted by Gasteiger charge is -2.32. The molecule has 0 radical (unpaired) electrons. The molecule has 8 heteroatoms. The Morgan fingerprint density at radius 1 is 1.28 bits per heavy atom. The zero-order valence-electron chi connectivity index (χ0n) is 9.61. The normalized spacial score (nSPS) is 15.4. The maximum absolute atomic E-state index is 11.1. The van der Waals surface area contributed by atoms with Gasteiger partial charge in [0.25, 0.3) is 5.91 Å². The third-order valence-corrected chi connectivity index (χ3v) is 2.75. The number of carbonyl (C=O) groups is 2. The summed E-state index contributed by atoms with van der Waals surface area (Å²) in [5, 5.41) is 8.46. The van der Waals surface area contributed by atoms with Gasteiger partial charge in [0.15, 0.2) is 0 Å². The highest BCUT2D eigenvalue weighted by Crippen LogP contribution is 2.10. The van der Waals surface area contributed by atoms with Gasteiger partial charge in [-0.15, -0.1) is 0 Å². The second-order valence-corrected chi connectivity index (χ2v) is 3.84. The molecule has 2 rings (SSSR count). The molecule has 0 spiro atoms. The Hall–Kier alpha value is -2.22. The highest BCUT2D eigenvalue weighted by atomic mass is 16.5. The molecule has 0 saturated carbocycles. The Morgan fingerprint density at radius 3 is 2.39 bits per heavy atom. The lowest BCUT2D eigenvalue weighted by atomic mass is 10.3. The standard InChI is InChI=1S/C10H13N5O3/c16-7-14-1-3-15(4-2-14)10-11-5-8(6-12-10)9(17)13-18/h5-7,18H,1-4H2,(H,13,17). The summed E-state index contributed by atoms with van der Waals surface area (Å²) < 4.78 is 0. The van der Waals surface area contributed by atoms with E-state index in [1.54, 1.807) is 4.90 Å². The van der Waals surface area contributed by atoms with Crippen LogP contribution < -0.4 is 10.4 Å². The van der Waals surface area contributed by atoms with Crippen molar-refractivity contribution in [2.45, 2.75) is 0 Å². The van der Waals surface area contributed by atoms with Gasteiger partial charge in [-0.05, 0) is 0 Å². The van der Waals surface area contributed by atoms with E-state index in [9.17, 15) is 9.59 Å². The number of carbonyl (C=O) groups excluding carboxylic acids is 2. The first-order chi connectivity index (χ1) is 8.74. The van der Waals surface area contributed by atoms with E-state index in [0.29, 0.717) is 32.1 Å². The average Bonchev–Trinajstić information content (AvgIpc) is 2.47. The lowest BCUT2D eigenvalue weighted by Crippen LogP contribution is -2.46. The smallest absolute Gasteiger partial charge is 0.277 e. The summed E-state index contributed by atoms with van der Waals surface area (Å²) in [4.78, 5) is 33.4. The molecule has 96 valence electrons. The van der Waals surface area contributed by atoms with Gasteiger partial charge in [0.05, 0.1) is 5.56 Å². The van der Waals surface area contributed by atoms with Gasteiger partial charge in [0.2, 0.25) is 12.4 Å². The Bertz CT molecular complexity index is 428. The topological polar surface area (TPSA) is 98.7 Å². The number of aromatic nitrogens is 2. The van der Waals surface area contributed by atoms with Crippen LogP contribution in [-0.2, 0) is 4.79 Å². The van der Waals surface area contributed by atoms with Crippen LogP contribution in [0.1, 0.15) is 10.4 Å². The fourth-order valence-corrected chi connectivity index (χ4v) is 1.69. The first-order valence-electron chi connectivity index (χ1n) is 5.45. The fourth-order valence-electron chi connectivity index (χ4n) is 1.69. The van der Waals surface area contributed by atoms with Crippen molar-refractivity contribution in [3.63, 3.8) is 0 Å². The van der Waals surface area contributed by atoms with Crippen LogP contribution in [0.5, 0.6) is 0 Å². The molecule has 0 bridgehead atoms. The number of nitrogens with zero attached hydrogens (tertiary/aromatic N) is 4. The molecule has 2 amide bonds. The van der Waals surface area contributed by atoms with Crippen molar-refractivity contribution in [2.24, 2.45) is 0 Å². The van der Waals surface area contributed by atoms with E-state index in [0.717, 1.165) is 6.41 Å². The fraction of sp³-hybridized carbons (Fsp3) is 0.400. The van der Waals surface area contributed by atoms with Gasteiger partial charge in [-0.1, -0.05) is 0 Å². The molecule has 1 aliphatic rings. The number of hydrogen-bond acceptors (Lipinski definition) is 6. The van der Waals surface area contributed by atoms with Gasteiger partial charge < -0.3 is 9.80 Å². The predicted molar refractivity (Wildman–Crippen MR) is 61.1 cm³/mol. The van der Waals surface area contributed by atoms with E-state index < -0.39 is 5.91 Å². The van der Waals surface area contributed by atoms with E-state index in [1.807, 2.05) is 4.90 Å². The summed E-state index contributed by atoms with van der Waals surface area (Å²) in [6, 6.07) is 0. The lowest BCUT2D eigenvalue weighted by molar-refractivity contribution is -0.118. The maximum atomic E-state index is 11.1. The molecule has 1 saturated heterocycles. The van der Waals surface area contributed by atoms with Crippen LogP contribution in [0.4, 0.5) is 5.95 Å². The van der Waals surface area contributed by atoms with E-state index in [2.05, 4.69) is 9.97 Å². The van der Waals surface area contributed by atoms with Crippen LogP contribution in [0, 0.1) is 0 Å². The number of anilines is 1. The van der Waals surface area contributed by atoms with Crippen LogP contribution >= 0.6 is 0 Å². The Morgan fingerprint density at radius 2 is 1.89 bits per heavy atom. The Labute approximate surface area is 103 Å². The summed E-state index contributed by atoms with van der Waals surface area (Å²) in [5.41, 5.74) is 1.70. The largest absolute Gasteiger partial charge is 0.342 e. The van der Waals surface area contributed by atoms with Crippen molar-refractivity contribution in [1.82, 2.24) is 20.3 Å². The van der Waals surface area contributed by atoms with E-state index >= 15 is 0 Å². The third-order valence-electron chi connectivity index (χ3n) is 2.75. The minimum absolute atomic E-state index is 0.188. The summed E-state index contributed by atoms with van der Waals surface area (Å²) in [5.74, 6) is -0.137. The first kappa shape index (κ1) is 12.2. The van der Waals surface area contributed by atoms with Crippen LogP contribution in [0.25, 0.3) is 0 Å². The SMILES string of the molecule is O=CN1CCN(c2ncc(C(=O)NO)cn2)CC1. The summed E-state index contributed by atoms with van der Waals surface area (Å²) in [7, 11) is 0. The number of hydrogen-bond donors (Lipinski definition) is 2. The van der Waals surface area contributed by atoms with Crippen molar-refractivity contribution >= 4 is 18.3 Å². The van der Waals surface area contributed by atoms with Crippen molar-refractivity contribution in [1.29, 1.82) is 0 Å². The molecule has 8 nitrogen and oxygen atoms in total. The van der Waals surface area contributed by atoms with Crippen LogP contribution in [0.15, 0.2) is 12.4 Å². The number of amides is 2. The van der Waals surface area contributed by atoms with Crippen LogP contribution in [-0.4, -0.2) is 58.6 Å². The molecule has 0 unspecified atom stereocenters. The molecule has 0 aliphatic carbocycles. The Balaban J connectivity index is 2.02. The molecular weight excluding hydrogens is 238 g/mol. The predicted octanol–water partition coefficient (Wildman–Crippen LogP) is -1.13. The number of piperazine rings is 1. The highest BCUT2D eigenvalue weighted by molar-refractivity contribution is 5.92. The van der Waals surface area contributed by atoms with Gasteiger partial charge in [-0.2, -0.15) is 0 Å². The molecule has 1 aromatic heterocycles. The molecule has 1 aromatic rings. The molecule has 1 fully saturated rings. The van der Waals surface area contributed by atoms with Crippen molar-refractivity contribution in [2.75, 3.05) is 31.1 Å². The molecule has 2 heterocycles. The summed E-state index contributed by atoms with van der Waals surface area (Å²) in [6.07, 6.45) is 3.52. The minimum Gasteiger partial charge on any atom is -0.342 e. The number of hydroxylamine groups is 1. The first-order valence-corrected chi connectivity index (χ1v) is 5.45. The number of rotatable bonds is 3. The molecule has 0 aromatic carbocycles. The number of nitrogens with one attached hydrogen (secondary N) is 1. The summed E-state index contributed by atoms with van der Waals surface area (Å²) >= 11 is 0. The highest BCUT2D eigenvalue weighted by Gasteiger charge is 2.17. The molecule has 0 atom stereocenters. The van der Waals surface area contributed by atoms with Gasteiger partial charge in [0, 0.05) is 38.6 Å². The van der Waals surface area contributed by atoms with Gasteiger partial charge in [-0.25, -0.2) is 15.4 Å². The zero-order valence-corrected chi connectivity index (χ0v) is 9.61. The zero-order chi connectivity index (χ0) is 13.0. The van der Waals surface area contributed by atoms with Crippen molar-refractivity contribution in [3.8, 4) is 0 Å². The van der Waals surface area contributed by atoms with Gasteiger partial charge in [-0.3, -0.25) is 14.8 Å². The molecular formula is C10H13N5O3. The molecule has 2 N–H and O–H groups in total. The molecule has 1 aliphatic heterocycles.